The van der Waals surface area contributed by atoms with E-state index >= 15 is 0 Å². The summed E-state index contributed by atoms with van der Waals surface area (Å²) in [6.07, 6.45) is 4.34. The number of piperidine rings is 1. The number of nitrogens with zero attached hydrogens (tertiary/aromatic N) is 2. The summed E-state index contributed by atoms with van der Waals surface area (Å²) in [6, 6.07) is 16.6. The first-order valence-electron chi connectivity index (χ1n) is 12.8. The van der Waals surface area contributed by atoms with E-state index in [4.69, 9.17) is 0 Å². The Balaban J connectivity index is 1.07. The van der Waals surface area contributed by atoms with E-state index < -0.39 is 6.04 Å². The molecule has 2 aromatic carbocycles. The van der Waals surface area contributed by atoms with Crippen molar-refractivity contribution in [2.75, 3.05) is 19.6 Å². The molecule has 36 heavy (non-hydrogen) atoms. The largest absolute Gasteiger partial charge is 0.353 e. The standard InChI is InChI=1S/C28H32N4O4/c33-24(13-10-19-6-2-1-3-7-19)30-20-14-16-31(17-15-20)25(34)18-29-27(35)26-22-8-4-5-9-23(22)28(36)32(26)21-11-12-21/h1-9,20-21,26H,10-18H2,(H,29,35)(H,30,33). The molecule has 1 unspecified atom stereocenters. The number of likely N-dealkylation sites (tertiary alicyclic amines) is 1. The average Bonchev–Trinajstić information content (AvgIpc) is 3.70. The van der Waals surface area contributed by atoms with Gasteiger partial charge in [0.05, 0.1) is 6.54 Å². The van der Waals surface area contributed by atoms with E-state index in [0.717, 1.165) is 18.4 Å². The Morgan fingerprint density at radius 2 is 1.58 bits per heavy atom. The normalized spacial score (nSPS) is 19.7. The summed E-state index contributed by atoms with van der Waals surface area (Å²) in [7, 11) is 0. The molecule has 8 nitrogen and oxygen atoms in total. The third kappa shape index (κ3) is 5.27. The van der Waals surface area contributed by atoms with Crippen LogP contribution in [0, 0.1) is 0 Å². The van der Waals surface area contributed by atoms with Gasteiger partial charge in [0.2, 0.25) is 17.7 Å². The van der Waals surface area contributed by atoms with Gasteiger partial charge in [-0.15, -0.1) is 0 Å². The van der Waals surface area contributed by atoms with Crippen LogP contribution in [0.15, 0.2) is 54.6 Å². The van der Waals surface area contributed by atoms with Crippen LogP contribution in [0.2, 0.25) is 0 Å². The summed E-state index contributed by atoms with van der Waals surface area (Å²) < 4.78 is 0. The molecule has 8 heteroatoms. The molecule has 0 spiro atoms. The number of aryl methyl sites for hydroxylation is 1. The number of amides is 4. The Labute approximate surface area is 211 Å². The summed E-state index contributed by atoms with van der Waals surface area (Å²) in [5, 5.41) is 5.86. The van der Waals surface area contributed by atoms with Crippen LogP contribution in [0.4, 0.5) is 0 Å². The highest BCUT2D eigenvalue weighted by Crippen LogP contribution is 2.41. The maximum Gasteiger partial charge on any atom is 0.255 e. The SMILES string of the molecule is O=C(CCc1ccccc1)NC1CCN(C(=O)CNC(=O)C2c3ccccc3C(=O)N2C2CC2)CC1. The van der Waals surface area contributed by atoms with Crippen molar-refractivity contribution < 1.29 is 19.2 Å². The second kappa shape index (κ2) is 10.5. The van der Waals surface area contributed by atoms with Crippen molar-refractivity contribution in [1.29, 1.82) is 0 Å². The molecule has 1 aliphatic carbocycles. The van der Waals surface area contributed by atoms with Crippen LogP contribution in [-0.2, 0) is 20.8 Å². The molecule has 2 N–H and O–H groups in total. The molecule has 1 atom stereocenters. The molecule has 0 radical (unpaired) electrons. The Kier molecular flexibility index (Phi) is 7.02. The van der Waals surface area contributed by atoms with Gasteiger partial charge >= 0.3 is 0 Å². The van der Waals surface area contributed by atoms with E-state index in [9.17, 15) is 19.2 Å². The van der Waals surface area contributed by atoms with Crippen LogP contribution >= 0.6 is 0 Å². The Morgan fingerprint density at radius 3 is 2.31 bits per heavy atom. The lowest BCUT2D eigenvalue weighted by molar-refractivity contribution is -0.135. The molecule has 1 saturated heterocycles. The highest BCUT2D eigenvalue weighted by Gasteiger charge is 2.47. The first-order valence-corrected chi connectivity index (χ1v) is 12.8. The van der Waals surface area contributed by atoms with Gasteiger partial charge in [-0.2, -0.15) is 0 Å². The number of hydrogen-bond donors (Lipinski definition) is 2. The summed E-state index contributed by atoms with van der Waals surface area (Å²) in [5.74, 6) is -0.531. The van der Waals surface area contributed by atoms with E-state index in [-0.39, 0.29) is 42.3 Å². The molecular formula is C28H32N4O4. The fraction of sp³-hybridized carbons (Fsp3) is 0.429. The number of carbonyl (C=O) groups excluding carboxylic acids is 4. The maximum absolute atomic E-state index is 13.1. The van der Waals surface area contributed by atoms with E-state index in [1.165, 1.54) is 0 Å². The number of rotatable bonds is 8. The molecular weight excluding hydrogens is 456 g/mol. The zero-order chi connectivity index (χ0) is 25.1. The Hall–Kier alpha value is -3.68. The second-order valence-electron chi connectivity index (χ2n) is 9.86. The van der Waals surface area contributed by atoms with Gasteiger partial charge in [0.25, 0.3) is 5.91 Å². The van der Waals surface area contributed by atoms with Crippen LogP contribution in [-0.4, -0.2) is 65.1 Å². The number of carbonyl (C=O) groups is 4. The van der Waals surface area contributed by atoms with Crippen LogP contribution in [0.25, 0.3) is 0 Å². The maximum atomic E-state index is 13.1. The minimum Gasteiger partial charge on any atom is -0.353 e. The lowest BCUT2D eigenvalue weighted by Crippen LogP contribution is -2.50. The highest BCUT2D eigenvalue weighted by molar-refractivity contribution is 6.05. The molecule has 2 fully saturated rings. The van der Waals surface area contributed by atoms with Crippen LogP contribution < -0.4 is 10.6 Å². The lowest BCUT2D eigenvalue weighted by atomic mass is 10.0. The third-order valence-electron chi connectivity index (χ3n) is 7.30. The van der Waals surface area contributed by atoms with Gasteiger partial charge in [0.15, 0.2) is 0 Å². The number of hydrogen-bond acceptors (Lipinski definition) is 4. The fourth-order valence-electron chi connectivity index (χ4n) is 5.18. The quantitative estimate of drug-likeness (QED) is 0.595. The van der Waals surface area contributed by atoms with Crippen molar-refractivity contribution in [3.05, 3.63) is 71.3 Å². The molecule has 5 rings (SSSR count). The average molecular weight is 489 g/mol. The summed E-state index contributed by atoms with van der Waals surface area (Å²) >= 11 is 0. The predicted molar refractivity (Wildman–Crippen MR) is 134 cm³/mol. The smallest absolute Gasteiger partial charge is 0.255 e. The zero-order valence-corrected chi connectivity index (χ0v) is 20.3. The Bertz CT molecular complexity index is 1140. The van der Waals surface area contributed by atoms with Gasteiger partial charge in [0.1, 0.15) is 6.04 Å². The topological polar surface area (TPSA) is 98.8 Å². The van der Waals surface area contributed by atoms with Crippen LogP contribution in [0.3, 0.4) is 0 Å². The zero-order valence-electron chi connectivity index (χ0n) is 20.3. The predicted octanol–water partition coefficient (Wildman–Crippen LogP) is 2.20. The van der Waals surface area contributed by atoms with E-state index in [1.807, 2.05) is 42.5 Å². The van der Waals surface area contributed by atoms with Gasteiger partial charge in [-0.05, 0) is 49.3 Å². The number of nitrogens with one attached hydrogen (secondary N) is 2. The van der Waals surface area contributed by atoms with Gasteiger partial charge in [-0.3, -0.25) is 19.2 Å². The Morgan fingerprint density at radius 1 is 0.889 bits per heavy atom. The first-order chi connectivity index (χ1) is 17.5. The lowest BCUT2D eigenvalue weighted by Gasteiger charge is -2.32. The van der Waals surface area contributed by atoms with Gasteiger partial charge in [-0.25, -0.2) is 0 Å². The highest BCUT2D eigenvalue weighted by atomic mass is 16.2. The fourth-order valence-corrected chi connectivity index (χ4v) is 5.18. The second-order valence-corrected chi connectivity index (χ2v) is 9.86. The van der Waals surface area contributed by atoms with Crippen molar-refractivity contribution >= 4 is 23.6 Å². The minimum absolute atomic E-state index is 0.0301. The molecule has 188 valence electrons. The van der Waals surface area contributed by atoms with E-state index in [1.54, 1.807) is 21.9 Å². The first kappa shape index (κ1) is 24.0. The molecule has 3 aliphatic rings. The van der Waals surface area contributed by atoms with Gasteiger partial charge < -0.3 is 20.4 Å². The van der Waals surface area contributed by atoms with E-state index in [2.05, 4.69) is 10.6 Å². The molecule has 2 aromatic rings. The van der Waals surface area contributed by atoms with Crippen molar-refractivity contribution in [1.82, 2.24) is 20.4 Å². The molecule has 1 saturated carbocycles. The monoisotopic (exact) mass is 488 g/mol. The third-order valence-corrected chi connectivity index (χ3v) is 7.30. The minimum atomic E-state index is -0.675. The van der Waals surface area contributed by atoms with Crippen molar-refractivity contribution in [2.24, 2.45) is 0 Å². The number of fused-ring (bicyclic) bond motifs is 1. The van der Waals surface area contributed by atoms with Crippen LogP contribution in [0.5, 0.6) is 0 Å². The molecule has 2 aliphatic heterocycles. The summed E-state index contributed by atoms with van der Waals surface area (Å²) in [5.41, 5.74) is 2.42. The van der Waals surface area contributed by atoms with Gasteiger partial charge in [0, 0.05) is 37.2 Å². The van der Waals surface area contributed by atoms with Gasteiger partial charge in [-0.1, -0.05) is 48.5 Å². The van der Waals surface area contributed by atoms with Crippen molar-refractivity contribution in [2.45, 2.75) is 56.7 Å². The molecule has 0 aromatic heterocycles. The summed E-state index contributed by atoms with van der Waals surface area (Å²) in [6.45, 7) is 0.979. The molecule has 0 bridgehead atoms. The number of benzene rings is 2. The van der Waals surface area contributed by atoms with Crippen LogP contribution in [0.1, 0.15) is 59.6 Å². The van der Waals surface area contributed by atoms with E-state index in [0.29, 0.717) is 49.9 Å². The summed E-state index contributed by atoms with van der Waals surface area (Å²) in [4.78, 5) is 54.5. The van der Waals surface area contributed by atoms with Crippen molar-refractivity contribution in [3.8, 4) is 0 Å². The molecule has 2 heterocycles. The van der Waals surface area contributed by atoms with Crippen molar-refractivity contribution in [3.63, 3.8) is 0 Å². The molecule has 4 amide bonds.